The van der Waals surface area contributed by atoms with Crippen LogP contribution in [0.25, 0.3) is 16.8 Å². The Labute approximate surface area is 225 Å². The molecule has 0 bridgehead atoms. The molecular weight excluding hydrogens is 476 g/mol. The zero-order chi connectivity index (χ0) is 26.9. The van der Waals surface area contributed by atoms with Gasteiger partial charge in [0, 0.05) is 67.4 Å². The fourth-order valence-electron chi connectivity index (χ4n) is 5.74. The summed E-state index contributed by atoms with van der Waals surface area (Å²) in [6.07, 6.45) is 3.18. The molecule has 5 heteroatoms. The molecule has 1 aliphatic carbocycles. The Morgan fingerprint density at radius 1 is 0.921 bits per heavy atom. The molecule has 0 aromatic heterocycles. The van der Waals surface area contributed by atoms with Crippen molar-refractivity contribution in [2.45, 2.75) is 45.1 Å². The number of halogens is 2. The first-order valence-corrected chi connectivity index (χ1v) is 13.6. The number of hydrogen-bond acceptors (Lipinski definition) is 3. The summed E-state index contributed by atoms with van der Waals surface area (Å²) in [6.45, 7) is 15.9. The van der Waals surface area contributed by atoms with Crippen LogP contribution in [0.1, 0.15) is 42.5 Å². The smallest absolute Gasteiger partial charge is 0.270 e. The van der Waals surface area contributed by atoms with E-state index in [1.807, 2.05) is 24.3 Å². The van der Waals surface area contributed by atoms with Crippen molar-refractivity contribution in [1.82, 2.24) is 9.80 Å². The van der Waals surface area contributed by atoms with E-state index in [9.17, 15) is 8.78 Å². The predicted molar refractivity (Wildman–Crippen MR) is 154 cm³/mol. The Kier molecular flexibility index (Phi) is 7.40. The zero-order valence-corrected chi connectivity index (χ0v) is 22.4. The van der Waals surface area contributed by atoms with Crippen molar-refractivity contribution in [2.75, 3.05) is 31.5 Å². The maximum absolute atomic E-state index is 13.7. The van der Waals surface area contributed by atoms with Gasteiger partial charge < -0.3 is 10.2 Å². The largest absolute Gasteiger partial charge is 0.373 e. The van der Waals surface area contributed by atoms with Gasteiger partial charge in [-0.2, -0.15) is 0 Å². The van der Waals surface area contributed by atoms with E-state index in [2.05, 4.69) is 53.4 Å². The quantitative estimate of drug-likeness (QED) is 0.335. The third-order valence-electron chi connectivity index (χ3n) is 8.05. The third-order valence-corrected chi connectivity index (χ3v) is 8.05. The number of piperazine rings is 1. The van der Waals surface area contributed by atoms with E-state index in [1.165, 1.54) is 29.0 Å². The number of allylic oxidation sites excluding steroid dienone is 1. The lowest BCUT2D eigenvalue weighted by Crippen LogP contribution is -2.50. The summed E-state index contributed by atoms with van der Waals surface area (Å²) in [5, 5.41) is 3.51. The molecule has 1 atom stereocenters. The van der Waals surface area contributed by atoms with Crippen LogP contribution < -0.4 is 5.32 Å². The van der Waals surface area contributed by atoms with Crippen molar-refractivity contribution >= 4 is 11.4 Å². The molecule has 1 N–H and O–H groups in total. The van der Waals surface area contributed by atoms with E-state index in [-0.39, 0.29) is 5.56 Å². The Morgan fingerprint density at radius 3 is 2.29 bits per heavy atom. The van der Waals surface area contributed by atoms with Crippen LogP contribution in [0.15, 0.2) is 85.6 Å². The monoisotopic (exact) mass is 513 g/mol. The van der Waals surface area contributed by atoms with E-state index in [0.29, 0.717) is 6.04 Å². The molecule has 0 spiro atoms. The highest BCUT2D eigenvalue weighted by Gasteiger charge is 2.29. The lowest BCUT2D eigenvalue weighted by molar-refractivity contribution is 0.0175. The minimum atomic E-state index is -2.85. The third kappa shape index (κ3) is 5.53. The maximum atomic E-state index is 13.7. The molecule has 1 unspecified atom stereocenters. The summed E-state index contributed by atoms with van der Waals surface area (Å²) in [5.74, 6) is -2.85. The van der Waals surface area contributed by atoms with Crippen LogP contribution in [0.3, 0.4) is 0 Å². The molecule has 3 aromatic rings. The number of rotatable bonds is 8. The minimum Gasteiger partial charge on any atom is -0.373 e. The number of alkyl halides is 2. The van der Waals surface area contributed by atoms with Gasteiger partial charge in [0.05, 0.1) is 0 Å². The number of anilines is 1. The summed E-state index contributed by atoms with van der Waals surface area (Å²) >= 11 is 0. The topological polar surface area (TPSA) is 18.5 Å². The molecule has 1 heterocycles. The van der Waals surface area contributed by atoms with Gasteiger partial charge in [-0.1, -0.05) is 74.7 Å². The Hall–Kier alpha value is -3.44. The molecular formula is C33H37F2N3. The van der Waals surface area contributed by atoms with Crippen molar-refractivity contribution in [3.63, 3.8) is 0 Å². The summed E-state index contributed by atoms with van der Waals surface area (Å²) in [7, 11) is 0. The highest BCUT2D eigenvalue weighted by molar-refractivity contribution is 5.85. The van der Waals surface area contributed by atoms with Gasteiger partial charge in [0.2, 0.25) is 0 Å². The number of hydrogen-bond donors (Lipinski definition) is 1. The van der Waals surface area contributed by atoms with Crippen molar-refractivity contribution in [1.29, 1.82) is 0 Å². The Morgan fingerprint density at radius 2 is 1.61 bits per heavy atom. The number of nitrogens with zero attached hydrogens (tertiary/aromatic N) is 2. The SMILES string of the molecule is C=C(Nc1ccc2c(c1)CC(N1CCN(C(=C)CC)CC1)C2)c1ccccc1-c1ccc(C(C)(F)F)cc1. The molecule has 2 aliphatic rings. The van der Waals surface area contributed by atoms with Crippen LogP contribution in [-0.2, 0) is 18.8 Å². The number of fused-ring (bicyclic) bond motifs is 1. The highest BCUT2D eigenvalue weighted by Crippen LogP contribution is 2.34. The van der Waals surface area contributed by atoms with Gasteiger partial charge in [-0.05, 0) is 53.6 Å². The average molecular weight is 514 g/mol. The molecule has 0 saturated carbocycles. The van der Waals surface area contributed by atoms with Crippen molar-refractivity contribution < 1.29 is 8.78 Å². The van der Waals surface area contributed by atoms with Gasteiger partial charge in [-0.15, -0.1) is 0 Å². The second kappa shape index (κ2) is 10.7. The van der Waals surface area contributed by atoms with E-state index in [0.717, 1.165) is 80.4 Å². The first kappa shape index (κ1) is 26.2. The van der Waals surface area contributed by atoms with E-state index in [1.54, 1.807) is 12.1 Å². The van der Waals surface area contributed by atoms with Gasteiger partial charge in [0.1, 0.15) is 0 Å². The zero-order valence-electron chi connectivity index (χ0n) is 22.4. The molecule has 3 nitrogen and oxygen atoms in total. The van der Waals surface area contributed by atoms with Crippen LogP contribution in [-0.4, -0.2) is 42.0 Å². The van der Waals surface area contributed by atoms with Gasteiger partial charge in [-0.3, -0.25) is 4.90 Å². The number of benzene rings is 3. The molecule has 1 aliphatic heterocycles. The molecule has 0 amide bonds. The molecule has 0 radical (unpaired) electrons. The summed E-state index contributed by atoms with van der Waals surface area (Å²) in [4.78, 5) is 5.07. The molecule has 1 fully saturated rings. The summed E-state index contributed by atoms with van der Waals surface area (Å²) < 4.78 is 27.4. The first-order valence-electron chi connectivity index (χ1n) is 13.6. The highest BCUT2D eigenvalue weighted by atomic mass is 19.3. The molecule has 1 saturated heterocycles. The first-order chi connectivity index (χ1) is 18.2. The van der Waals surface area contributed by atoms with E-state index < -0.39 is 5.92 Å². The van der Waals surface area contributed by atoms with Crippen molar-refractivity contribution in [3.05, 3.63) is 108 Å². The minimum absolute atomic E-state index is 0.0143. The summed E-state index contributed by atoms with van der Waals surface area (Å²) in [6, 6.07) is 21.7. The average Bonchev–Trinajstić information content (AvgIpc) is 3.36. The van der Waals surface area contributed by atoms with Crippen LogP contribution >= 0.6 is 0 Å². The Balaban J connectivity index is 1.26. The molecule has 38 heavy (non-hydrogen) atoms. The normalized spacial score (nSPS) is 17.8. The lowest BCUT2D eigenvalue weighted by Gasteiger charge is -2.39. The second-order valence-electron chi connectivity index (χ2n) is 10.6. The van der Waals surface area contributed by atoms with Crippen LogP contribution in [0, 0.1) is 0 Å². The molecule has 198 valence electrons. The maximum Gasteiger partial charge on any atom is 0.270 e. The van der Waals surface area contributed by atoms with Crippen LogP contribution in [0.2, 0.25) is 0 Å². The van der Waals surface area contributed by atoms with Crippen molar-refractivity contribution in [3.8, 4) is 11.1 Å². The standard InChI is InChI=1S/C33H37F2N3/c1-5-23(2)37-16-18-38(19-17-37)30-21-26-12-15-29(20-27(26)22-30)36-24(3)31-8-6-7-9-32(31)25-10-13-28(14-11-25)33(4,34)35/h6-15,20,30,36H,2-3,5,16-19,21-22H2,1,4H3. The second-order valence-corrected chi connectivity index (χ2v) is 10.6. The predicted octanol–water partition coefficient (Wildman–Crippen LogP) is 7.56. The van der Waals surface area contributed by atoms with Gasteiger partial charge in [0.15, 0.2) is 0 Å². The van der Waals surface area contributed by atoms with Crippen LogP contribution in [0.5, 0.6) is 0 Å². The summed E-state index contributed by atoms with van der Waals surface area (Å²) in [5.41, 5.74) is 8.70. The number of nitrogens with one attached hydrogen (secondary N) is 1. The molecule has 3 aromatic carbocycles. The van der Waals surface area contributed by atoms with Gasteiger partial charge >= 0.3 is 0 Å². The van der Waals surface area contributed by atoms with E-state index in [4.69, 9.17) is 0 Å². The van der Waals surface area contributed by atoms with Crippen LogP contribution in [0.4, 0.5) is 14.5 Å². The fraction of sp³-hybridized carbons (Fsp3) is 0.333. The van der Waals surface area contributed by atoms with Gasteiger partial charge in [0.25, 0.3) is 5.92 Å². The van der Waals surface area contributed by atoms with Crippen molar-refractivity contribution in [2.24, 2.45) is 0 Å². The Bertz CT molecular complexity index is 1310. The lowest BCUT2D eigenvalue weighted by atomic mass is 9.96. The van der Waals surface area contributed by atoms with Gasteiger partial charge in [-0.25, -0.2) is 8.78 Å². The van der Waals surface area contributed by atoms with E-state index >= 15 is 0 Å². The fourth-order valence-corrected chi connectivity index (χ4v) is 5.74. The molecule has 5 rings (SSSR count).